The lowest BCUT2D eigenvalue weighted by Gasteiger charge is -2.32. The molecule has 4 nitrogen and oxygen atoms in total. The first kappa shape index (κ1) is 20.4. The number of likely N-dealkylation sites (tertiary alicyclic amines) is 1. The van der Waals surface area contributed by atoms with Gasteiger partial charge in [-0.05, 0) is 80.8 Å². The molecule has 1 N–H and O–H groups in total. The fourth-order valence-electron chi connectivity index (χ4n) is 4.65. The van der Waals surface area contributed by atoms with Crippen LogP contribution in [-0.2, 0) is 0 Å². The summed E-state index contributed by atoms with van der Waals surface area (Å²) in [6.45, 7) is 5.56. The van der Waals surface area contributed by atoms with Crippen LogP contribution >= 0.6 is 0 Å². The molecular formula is C27H26FN3O. The monoisotopic (exact) mass is 427 g/mol. The molecule has 5 heteroatoms. The summed E-state index contributed by atoms with van der Waals surface area (Å²) in [4.78, 5) is 23.5. The second kappa shape index (κ2) is 8.23. The van der Waals surface area contributed by atoms with E-state index in [9.17, 15) is 9.18 Å². The van der Waals surface area contributed by atoms with Crippen LogP contribution in [0.5, 0.6) is 0 Å². The number of carbonyl (C=O) groups excluding carboxylic acids is 1. The highest BCUT2D eigenvalue weighted by molar-refractivity contribution is 5.98. The number of halogens is 1. The summed E-state index contributed by atoms with van der Waals surface area (Å²) in [5.74, 6) is -0.00259. The Hall–Kier alpha value is -3.47. The number of aromatic amines is 1. The summed E-state index contributed by atoms with van der Waals surface area (Å²) < 4.78 is 13.3. The lowest BCUT2D eigenvalue weighted by molar-refractivity contribution is 0.0706. The van der Waals surface area contributed by atoms with E-state index in [0.717, 1.165) is 52.9 Å². The molecule has 1 amide bonds. The molecule has 0 saturated carbocycles. The molecule has 2 aromatic carbocycles. The predicted molar refractivity (Wildman–Crippen MR) is 125 cm³/mol. The van der Waals surface area contributed by atoms with Crippen LogP contribution in [0, 0.1) is 19.7 Å². The molecule has 1 atom stereocenters. The molecule has 32 heavy (non-hydrogen) atoms. The van der Waals surface area contributed by atoms with Crippen molar-refractivity contribution in [2.24, 2.45) is 0 Å². The van der Waals surface area contributed by atoms with E-state index in [4.69, 9.17) is 4.98 Å². The number of nitrogens with zero attached hydrogens (tertiary/aromatic N) is 2. The van der Waals surface area contributed by atoms with E-state index in [0.29, 0.717) is 12.1 Å². The zero-order valence-electron chi connectivity index (χ0n) is 18.4. The molecule has 4 aromatic rings. The lowest BCUT2D eigenvalue weighted by atomic mass is 9.93. The van der Waals surface area contributed by atoms with Gasteiger partial charge in [-0.1, -0.05) is 12.1 Å². The number of carbonyl (C=O) groups is 1. The Labute approximate surface area is 187 Å². The Bertz CT molecular complexity index is 1290. The number of benzene rings is 2. The van der Waals surface area contributed by atoms with Crippen LogP contribution in [0.1, 0.15) is 46.1 Å². The van der Waals surface area contributed by atoms with E-state index in [1.807, 2.05) is 41.3 Å². The molecule has 1 aliphatic rings. The van der Waals surface area contributed by atoms with Crippen LogP contribution in [0.15, 0.2) is 60.7 Å². The van der Waals surface area contributed by atoms with E-state index in [2.05, 4.69) is 18.8 Å². The van der Waals surface area contributed by atoms with Crippen LogP contribution in [-0.4, -0.2) is 33.9 Å². The second-order valence-electron chi connectivity index (χ2n) is 8.68. The van der Waals surface area contributed by atoms with E-state index in [1.165, 1.54) is 17.7 Å². The molecule has 0 spiro atoms. The first-order valence-electron chi connectivity index (χ1n) is 11.1. The Morgan fingerprint density at radius 1 is 1.09 bits per heavy atom. The summed E-state index contributed by atoms with van der Waals surface area (Å²) in [6.07, 6.45) is 1.94. The maximum absolute atomic E-state index is 13.3. The van der Waals surface area contributed by atoms with Crippen LogP contribution in [0.2, 0.25) is 0 Å². The fourth-order valence-corrected chi connectivity index (χ4v) is 4.65. The van der Waals surface area contributed by atoms with Gasteiger partial charge in [0.1, 0.15) is 5.82 Å². The third-order valence-corrected chi connectivity index (χ3v) is 6.59. The molecule has 2 aromatic heterocycles. The summed E-state index contributed by atoms with van der Waals surface area (Å²) in [5, 5.41) is 1.16. The van der Waals surface area contributed by atoms with Crippen molar-refractivity contribution in [2.45, 2.75) is 32.6 Å². The first-order chi connectivity index (χ1) is 15.5. The SMILES string of the molecule is Cc1[nH]c2cc(C(=O)N3CCC[C@H](c4cccc(-c5ccc(F)cc5)n4)C3)ccc2c1C. The second-order valence-corrected chi connectivity index (χ2v) is 8.68. The van der Waals surface area contributed by atoms with Crippen molar-refractivity contribution in [1.29, 1.82) is 0 Å². The summed E-state index contributed by atoms with van der Waals surface area (Å²) >= 11 is 0. The van der Waals surface area contributed by atoms with E-state index >= 15 is 0 Å². The predicted octanol–water partition coefficient (Wildman–Crippen LogP) is 6.01. The zero-order valence-corrected chi connectivity index (χ0v) is 18.4. The Morgan fingerprint density at radius 2 is 1.91 bits per heavy atom. The largest absolute Gasteiger partial charge is 0.358 e. The minimum atomic E-state index is -0.255. The maximum Gasteiger partial charge on any atom is 0.253 e. The summed E-state index contributed by atoms with van der Waals surface area (Å²) in [6, 6.07) is 18.3. The normalized spacial score (nSPS) is 16.5. The average molecular weight is 428 g/mol. The average Bonchev–Trinajstić information content (AvgIpc) is 3.12. The third kappa shape index (κ3) is 3.79. The molecule has 0 bridgehead atoms. The quantitative estimate of drug-likeness (QED) is 0.436. The van der Waals surface area contributed by atoms with Gasteiger partial charge >= 0.3 is 0 Å². The maximum atomic E-state index is 13.3. The van der Waals surface area contributed by atoms with Gasteiger partial charge in [-0.15, -0.1) is 0 Å². The van der Waals surface area contributed by atoms with Crippen molar-refractivity contribution in [3.8, 4) is 11.3 Å². The van der Waals surface area contributed by atoms with E-state index in [-0.39, 0.29) is 17.6 Å². The minimum absolute atomic E-state index is 0.0659. The first-order valence-corrected chi connectivity index (χ1v) is 11.1. The van der Waals surface area contributed by atoms with Crippen LogP contribution < -0.4 is 0 Å². The van der Waals surface area contributed by atoms with Gasteiger partial charge in [0.2, 0.25) is 0 Å². The van der Waals surface area contributed by atoms with Crippen molar-refractivity contribution in [2.75, 3.05) is 13.1 Å². The van der Waals surface area contributed by atoms with Crippen molar-refractivity contribution in [3.05, 3.63) is 89.0 Å². The number of nitrogens with one attached hydrogen (secondary N) is 1. The van der Waals surface area contributed by atoms with E-state index in [1.54, 1.807) is 12.1 Å². The molecule has 0 radical (unpaired) electrons. The Balaban J connectivity index is 1.37. The van der Waals surface area contributed by atoms with Crippen molar-refractivity contribution in [1.82, 2.24) is 14.9 Å². The smallest absolute Gasteiger partial charge is 0.253 e. The summed E-state index contributed by atoms with van der Waals surface area (Å²) in [5.41, 5.74) is 6.78. The van der Waals surface area contributed by atoms with Gasteiger partial charge in [-0.3, -0.25) is 9.78 Å². The van der Waals surface area contributed by atoms with Gasteiger partial charge < -0.3 is 9.88 Å². The molecule has 1 saturated heterocycles. The standard InChI is InChI=1S/C27H26FN3O/c1-17-18(2)29-26-15-20(10-13-23(17)26)27(32)31-14-4-5-21(16-31)25-7-3-6-24(30-25)19-8-11-22(28)12-9-19/h3,6-13,15,21,29H,4-5,14,16H2,1-2H3/t21-/m0/s1. The third-order valence-electron chi connectivity index (χ3n) is 6.59. The lowest BCUT2D eigenvalue weighted by Crippen LogP contribution is -2.39. The highest BCUT2D eigenvalue weighted by Crippen LogP contribution is 2.29. The number of pyridine rings is 1. The number of fused-ring (bicyclic) bond motifs is 1. The number of hydrogen-bond acceptors (Lipinski definition) is 2. The number of aromatic nitrogens is 2. The van der Waals surface area contributed by atoms with Gasteiger partial charge in [-0.25, -0.2) is 4.39 Å². The Morgan fingerprint density at radius 3 is 2.72 bits per heavy atom. The van der Waals surface area contributed by atoms with Crippen LogP contribution in [0.3, 0.4) is 0 Å². The topological polar surface area (TPSA) is 49.0 Å². The van der Waals surface area contributed by atoms with Crippen LogP contribution in [0.25, 0.3) is 22.2 Å². The summed E-state index contributed by atoms with van der Waals surface area (Å²) in [7, 11) is 0. The number of piperidine rings is 1. The minimum Gasteiger partial charge on any atom is -0.358 e. The number of aryl methyl sites for hydroxylation is 2. The molecule has 0 unspecified atom stereocenters. The number of rotatable bonds is 3. The van der Waals surface area contributed by atoms with Gasteiger partial charge in [0.15, 0.2) is 0 Å². The fraction of sp³-hybridized carbons (Fsp3) is 0.259. The molecule has 1 fully saturated rings. The van der Waals surface area contributed by atoms with Crippen LogP contribution in [0.4, 0.5) is 4.39 Å². The van der Waals surface area contributed by atoms with Gasteiger partial charge in [0.25, 0.3) is 5.91 Å². The van der Waals surface area contributed by atoms with Crippen molar-refractivity contribution >= 4 is 16.8 Å². The number of H-pyrrole nitrogens is 1. The molecule has 5 rings (SSSR count). The van der Waals surface area contributed by atoms with Crippen molar-refractivity contribution < 1.29 is 9.18 Å². The highest BCUT2D eigenvalue weighted by atomic mass is 19.1. The van der Waals surface area contributed by atoms with Gasteiger partial charge in [-0.2, -0.15) is 0 Å². The van der Waals surface area contributed by atoms with Gasteiger partial charge in [0, 0.05) is 52.4 Å². The molecule has 0 aliphatic carbocycles. The molecule has 1 aliphatic heterocycles. The van der Waals surface area contributed by atoms with Gasteiger partial charge in [0.05, 0.1) is 5.69 Å². The molecule has 3 heterocycles. The van der Waals surface area contributed by atoms with Crippen molar-refractivity contribution in [3.63, 3.8) is 0 Å². The number of amides is 1. The Kier molecular flexibility index (Phi) is 5.25. The van der Waals surface area contributed by atoms with E-state index < -0.39 is 0 Å². The highest BCUT2D eigenvalue weighted by Gasteiger charge is 2.27. The zero-order chi connectivity index (χ0) is 22.2. The number of hydrogen-bond donors (Lipinski definition) is 1. The molecular weight excluding hydrogens is 401 g/mol. The molecule has 162 valence electrons.